The van der Waals surface area contributed by atoms with Crippen LogP contribution in [0.25, 0.3) is 0 Å². The Morgan fingerprint density at radius 1 is 1.50 bits per heavy atom. The van der Waals surface area contributed by atoms with Gasteiger partial charge in [0.15, 0.2) is 5.75 Å². The Morgan fingerprint density at radius 2 is 2.25 bits per heavy atom. The van der Waals surface area contributed by atoms with Gasteiger partial charge < -0.3 is 25.8 Å². The number of methoxy groups -OCH3 is 1. The third kappa shape index (κ3) is 2.43. The molecule has 6 nitrogen and oxygen atoms in total. The number of anilines is 2. The lowest BCUT2D eigenvalue weighted by Crippen LogP contribution is -2.25. The molecule has 0 aromatic carbocycles. The normalized spacial score (nSPS) is 22.1. The van der Waals surface area contributed by atoms with Crippen LogP contribution in [0.3, 0.4) is 0 Å². The molecular formula is C13H19N3O3S. The first kappa shape index (κ1) is 13.5. The monoisotopic (exact) mass is 297 g/mol. The van der Waals surface area contributed by atoms with Gasteiger partial charge >= 0.3 is 0 Å². The van der Waals surface area contributed by atoms with Crippen molar-refractivity contribution in [2.45, 2.75) is 31.4 Å². The lowest BCUT2D eigenvalue weighted by molar-refractivity contribution is 0.0955. The predicted octanol–water partition coefficient (Wildman–Crippen LogP) is 0.802. The number of aliphatic hydroxyl groups is 1. The molecule has 3 rings (SSSR count). The molecule has 1 amide bonds. The van der Waals surface area contributed by atoms with Gasteiger partial charge in [0.05, 0.1) is 13.2 Å². The van der Waals surface area contributed by atoms with Crippen LogP contribution in [0.5, 0.6) is 5.75 Å². The number of β-amino-alcohol motifs (C(OH)–C–C–N with tert-alkyl or cyclic N) is 1. The van der Waals surface area contributed by atoms with Crippen LogP contribution in [0.15, 0.2) is 0 Å². The lowest BCUT2D eigenvalue weighted by atomic mass is 10.3. The average Bonchev–Trinajstić information content (AvgIpc) is 3.01. The molecule has 2 aliphatic rings. The topological polar surface area (TPSA) is 87.8 Å². The molecule has 1 aliphatic heterocycles. The largest absolute Gasteiger partial charge is 0.492 e. The van der Waals surface area contributed by atoms with Crippen LogP contribution in [0.2, 0.25) is 0 Å². The molecule has 1 saturated heterocycles. The van der Waals surface area contributed by atoms with E-state index in [1.54, 1.807) is 7.11 Å². The summed E-state index contributed by atoms with van der Waals surface area (Å²) in [5.74, 6) is 0.421. The van der Waals surface area contributed by atoms with E-state index in [2.05, 4.69) is 5.32 Å². The second kappa shape index (κ2) is 5.14. The number of hydrogen-bond donors (Lipinski definition) is 3. The number of amides is 1. The number of carbonyl (C=O) groups excluding carboxylic acids is 1. The van der Waals surface area contributed by atoms with E-state index in [1.165, 1.54) is 11.3 Å². The van der Waals surface area contributed by atoms with Crippen molar-refractivity contribution in [1.82, 2.24) is 5.32 Å². The maximum Gasteiger partial charge on any atom is 0.263 e. The number of nitrogens with zero attached hydrogens (tertiary/aromatic N) is 1. The number of nitrogens with two attached hydrogens (primary N) is 1. The number of aliphatic hydroxyl groups excluding tert-OH is 1. The fourth-order valence-electron chi connectivity index (χ4n) is 2.40. The number of rotatable bonds is 4. The highest BCUT2D eigenvalue weighted by atomic mass is 32.1. The van der Waals surface area contributed by atoms with E-state index in [-0.39, 0.29) is 12.0 Å². The van der Waals surface area contributed by atoms with Crippen LogP contribution in [0.4, 0.5) is 10.7 Å². The number of ether oxygens (including phenoxy) is 1. The van der Waals surface area contributed by atoms with Crippen molar-refractivity contribution in [2.24, 2.45) is 0 Å². The smallest absolute Gasteiger partial charge is 0.263 e. The third-order valence-electron chi connectivity index (χ3n) is 3.66. The molecule has 2 fully saturated rings. The summed E-state index contributed by atoms with van der Waals surface area (Å²) < 4.78 is 5.36. The molecule has 1 saturated carbocycles. The fraction of sp³-hybridized carbons (Fsp3) is 0.615. The predicted molar refractivity (Wildman–Crippen MR) is 78.6 cm³/mol. The lowest BCUT2D eigenvalue weighted by Gasteiger charge is -2.16. The maximum absolute atomic E-state index is 12.2. The third-order valence-corrected chi connectivity index (χ3v) is 4.90. The number of nitrogens with one attached hydrogen (secondary N) is 1. The molecule has 0 spiro atoms. The minimum Gasteiger partial charge on any atom is -0.492 e. The van der Waals surface area contributed by atoms with Gasteiger partial charge in [-0.05, 0) is 19.3 Å². The molecule has 2 heterocycles. The molecular weight excluding hydrogens is 278 g/mol. The molecule has 1 aromatic rings. The van der Waals surface area contributed by atoms with E-state index in [4.69, 9.17) is 10.5 Å². The molecule has 7 heteroatoms. The number of carbonyl (C=O) groups is 1. The number of hydrogen-bond acceptors (Lipinski definition) is 6. The summed E-state index contributed by atoms with van der Waals surface area (Å²) in [7, 11) is 1.55. The van der Waals surface area contributed by atoms with Gasteiger partial charge in [0.2, 0.25) is 0 Å². The van der Waals surface area contributed by atoms with Crippen LogP contribution in [0, 0.1) is 0 Å². The van der Waals surface area contributed by atoms with Gasteiger partial charge in [-0.3, -0.25) is 4.79 Å². The van der Waals surface area contributed by atoms with Crippen molar-refractivity contribution in [3.63, 3.8) is 0 Å². The summed E-state index contributed by atoms with van der Waals surface area (Å²) in [5, 5.41) is 13.4. The molecule has 110 valence electrons. The zero-order chi connectivity index (χ0) is 14.3. The summed E-state index contributed by atoms with van der Waals surface area (Å²) in [6, 6.07) is 0.298. The molecule has 1 atom stereocenters. The van der Waals surface area contributed by atoms with E-state index in [9.17, 15) is 9.90 Å². The summed E-state index contributed by atoms with van der Waals surface area (Å²) >= 11 is 1.34. The standard InChI is InChI=1S/C13H19N3O3S/c1-19-10-9(14)11(12(18)15-7-2-3-7)20-13(10)16-5-4-8(17)6-16/h7-8,17H,2-6,14H2,1H3,(H,15,18). The summed E-state index contributed by atoms with van der Waals surface area (Å²) in [6.07, 6.45) is 2.48. The highest BCUT2D eigenvalue weighted by Gasteiger charge is 2.31. The van der Waals surface area contributed by atoms with Crippen LogP contribution in [0.1, 0.15) is 28.9 Å². The van der Waals surface area contributed by atoms with Gasteiger partial charge in [0.25, 0.3) is 5.91 Å². The Hall–Kier alpha value is -1.47. The van der Waals surface area contributed by atoms with E-state index >= 15 is 0 Å². The minimum absolute atomic E-state index is 0.126. The van der Waals surface area contributed by atoms with Crippen molar-refractivity contribution in [1.29, 1.82) is 0 Å². The van der Waals surface area contributed by atoms with Crippen molar-refractivity contribution < 1.29 is 14.6 Å². The fourth-order valence-corrected chi connectivity index (χ4v) is 3.52. The van der Waals surface area contributed by atoms with Gasteiger partial charge in [0.1, 0.15) is 15.6 Å². The minimum atomic E-state index is -0.327. The first-order chi connectivity index (χ1) is 9.60. The first-order valence-corrected chi connectivity index (χ1v) is 7.62. The summed E-state index contributed by atoms with van der Waals surface area (Å²) in [6.45, 7) is 1.31. The van der Waals surface area contributed by atoms with Crippen LogP contribution in [-0.4, -0.2) is 43.4 Å². The maximum atomic E-state index is 12.2. The van der Waals surface area contributed by atoms with Crippen molar-refractivity contribution in [3.8, 4) is 5.75 Å². The van der Waals surface area contributed by atoms with Gasteiger partial charge in [-0.25, -0.2) is 0 Å². The van der Waals surface area contributed by atoms with Crippen LogP contribution in [-0.2, 0) is 0 Å². The second-order valence-electron chi connectivity index (χ2n) is 5.32. The molecule has 1 aromatic heterocycles. The van der Waals surface area contributed by atoms with E-state index in [1.807, 2.05) is 4.90 Å². The average molecular weight is 297 g/mol. The van der Waals surface area contributed by atoms with Gasteiger partial charge in [-0.2, -0.15) is 0 Å². The van der Waals surface area contributed by atoms with E-state index in [0.717, 1.165) is 30.8 Å². The van der Waals surface area contributed by atoms with E-state index in [0.29, 0.717) is 28.9 Å². The summed E-state index contributed by atoms with van der Waals surface area (Å²) in [4.78, 5) is 14.7. The molecule has 1 unspecified atom stereocenters. The Kier molecular flexibility index (Phi) is 3.47. The number of nitrogen functional groups attached to an aromatic ring is 1. The highest BCUT2D eigenvalue weighted by Crippen LogP contribution is 2.45. The quantitative estimate of drug-likeness (QED) is 0.765. The van der Waals surface area contributed by atoms with Gasteiger partial charge in [-0.1, -0.05) is 0 Å². The highest BCUT2D eigenvalue weighted by molar-refractivity contribution is 7.19. The summed E-state index contributed by atoms with van der Waals surface area (Å²) in [5.41, 5.74) is 6.44. The molecule has 20 heavy (non-hydrogen) atoms. The Labute approximate surface area is 121 Å². The SMILES string of the molecule is COc1c(N2CCC(O)C2)sc(C(=O)NC2CC2)c1N. The second-order valence-corrected chi connectivity index (χ2v) is 6.32. The Balaban J connectivity index is 1.87. The molecule has 4 N–H and O–H groups in total. The molecule has 0 bridgehead atoms. The van der Waals surface area contributed by atoms with Gasteiger partial charge in [0, 0.05) is 19.1 Å². The van der Waals surface area contributed by atoms with E-state index < -0.39 is 0 Å². The van der Waals surface area contributed by atoms with Crippen molar-refractivity contribution in [2.75, 3.05) is 30.8 Å². The Bertz CT molecular complexity index is 527. The molecule has 0 radical (unpaired) electrons. The number of thiophene rings is 1. The van der Waals surface area contributed by atoms with Crippen molar-refractivity contribution in [3.05, 3.63) is 4.88 Å². The van der Waals surface area contributed by atoms with Gasteiger partial charge in [-0.15, -0.1) is 11.3 Å². The zero-order valence-electron chi connectivity index (χ0n) is 11.4. The van der Waals surface area contributed by atoms with Crippen LogP contribution < -0.4 is 20.7 Å². The first-order valence-electron chi connectivity index (χ1n) is 6.80. The van der Waals surface area contributed by atoms with Crippen molar-refractivity contribution >= 4 is 27.9 Å². The zero-order valence-corrected chi connectivity index (χ0v) is 12.2. The van der Waals surface area contributed by atoms with Crippen LogP contribution >= 0.6 is 11.3 Å². The molecule has 1 aliphatic carbocycles. The Morgan fingerprint density at radius 3 is 2.80 bits per heavy atom.